The first-order chi connectivity index (χ1) is 11.6. The Balaban J connectivity index is 1.91. The molecule has 3 heterocycles. The number of carbonyl (C=O) groups excluding carboxylic acids is 1. The summed E-state index contributed by atoms with van der Waals surface area (Å²) in [6.07, 6.45) is 7.76. The highest BCUT2D eigenvalue weighted by Crippen LogP contribution is 2.43. The Morgan fingerprint density at radius 2 is 2.04 bits per heavy atom. The third-order valence-corrected chi connectivity index (χ3v) is 4.01. The number of rotatable bonds is 3. The number of anilines is 3. The van der Waals surface area contributed by atoms with E-state index in [1.54, 1.807) is 30.6 Å². The topological polar surface area (TPSA) is 95.4 Å². The Labute approximate surface area is 137 Å². The van der Waals surface area contributed by atoms with Crippen LogP contribution < -0.4 is 10.2 Å². The molecule has 1 amide bonds. The molecule has 7 nitrogen and oxygen atoms in total. The summed E-state index contributed by atoms with van der Waals surface area (Å²) in [5, 5.41) is 11.7. The van der Waals surface area contributed by atoms with Gasteiger partial charge in [-0.05, 0) is 37.1 Å². The highest BCUT2D eigenvalue weighted by atomic mass is 16.4. The lowest BCUT2D eigenvalue weighted by Gasteiger charge is -2.23. The standard InChI is InChI=1S/C17H14N4O3/c22-13(23)6-3-10-7-9-19-16-14(10)20-17(24)12-2-1-8-18-15(12)21(16)11-4-5-11/h1-3,6-9,11H,4-5H2,(H,20,24)(H,22,23)/b6-3-. The van der Waals surface area contributed by atoms with Gasteiger partial charge >= 0.3 is 5.97 Å². The maximum atomic E-state index is 12.6. The van der Waals surface area contributed by atoms with E-state index in [0.29, 0.717) is 28.5 Å². The molecule has 2 N–H and O–H groups in total. The van der Waals surface area contributed by atoms with Crippen molar-refractivity contribution in [2.75, 3.05) is 10.2 Å². The predicted molar refractivity (Wildman–Crippen MR) is 88.3 cm³/mol. The number of aromatic nitrogens is 2. The SMILES string of the molecule is O=C(O)/C=C\c1ccnc2c1NC(=O)c1cccnc1N2C1CC1. The third kappa shape index (κ3) is 2.40. The molecule has 0 spiro atoms. The molecule has 2 aromatic rings. The number of carboxylic acids is 1. The highest BCUT2D eigenvalue weighted by Gasteiger charge is 2.38. The van der Waals surface area contributed by atoms with Crippen molar-refractivity contribution in [2.24, 2.45) is 0 Å². The van der Waals surface area contributed by atoms with Crippen molar-refractivity contribution in [1.29, 1.82) is 0 Å². The summed E-state index contributed by atoms with van der Waals surface area (Å²) < 4.78 is 0. The molecule has 7 heteroatoms. The van der Waals surface area contributed by atoms with Crippen molar-refractivity contribution in [2.45, 2.75) is 18.9 Å². The van der Waals surface area contributed by atoms with E-state index >= 15 is 0 Å². The number of hydrogen-bond donors (Lipinski definition) is 2. The molecule has 2 aliphatic rings. The minimum absolute atomic E-state index is 0.247. The van der Waals surface area contributed by atoms with Crippen LogP contribution in [0.2, 0.25) is 0 Å². The number of hydrogen-bond acceptors (Lipinski definition) is 5. The summed E-state index contributed by atoms with van der Waals surface area (Å²) >= 11 is 0. The first-order valence-electron chi connectivity index (χ1n) is 7.61. The number of aliphatic carboxylic acids is 1. The van der Waals surface area contributed by atoms with Crippen molar-refractivity contribution >= 4 is 35.3 Å². The second-order valence-electron chi connectivity index (χ2n) is 5.70. The van der Waals surface area contributed by atoms with Crippen LogP contribution in [-0.2, 0) is 4.79 Å². The molecule has 0 atom stereocenters. The zero-order chi connectivity index (χ0) is 16.7. The molecule has 0 unspecified atom stereocenters. The normalized spacial score (nSPS) is 16.3. The van der Waals surface area contributed by atoms with Crippen molar-refractivity contribution in [1.82, 2.24) is 9.97 Å². The number of carboxylic acid groups (broad SMARTS) is 1. The van der Waals surface area contributed by atoms with E-state index in [4.69, 9.17) is 5.11 Å². The van der Waals surface area contributed by atoms with E-state index in [1.165, 1.54) is 6.08 Å². The molecule has 4 rings (SSSR count). The quantitative estimate of drug-likeness (QED) is 0.843. The third-order valence-electron chi connectivity index (χ3n) is 4.01. The molecule has 0 aromatic carbocycles. The lowest BCUT2D eigenvalue weighted by molar-refractivity contribution is -0.131. The molecule has 1 fully saturated rings. The van der Waals surface area contributed by atoms with Gasteiger partial charge in [0.15, 0.2) is 5.82 Å². The zero-order valence-electron chi connectivity index (χ0n) is 12.6. The van der Waals surface area contributed by atoms with E-state index in [1.807, 2.05) is 4.90 Å². The maximum Gasteiger partial charge on any atom is 0.328 e. The second-order valence-corrected chi connectivity index (χ2v) is 5.70. The van der Waals surface area contributed by atoms with Crippen LogP contribution in [0.1, 0.15) is 28.8 Å². The Bertz CT molecular complexity index is 874. The molecule has 1 aliphatic heterocycles. The Hall–Kier alpha value is -3.22. The average Bonchev–Trinajstić information content (AvgIpc) is 3.40. The molecular formula is C17H14N4O3. The van der Waals surface area contributed by atoms with Crippen LogP contribution in [0.4, 0.5) is 17.3 Å². The summed E-state index contributed by atoms with van der Waals surface area (Å²) in [7, 11) is 0. The lowest BCUT2D eigenvalue weighted by Crippen LogP contribution is -2.22. The van der Waals surface area contributed by atoms with Gasteiger partial charge in [0.2, 0.25) is 0 Å². The van der Waals surface area contributed by atoms with E-state index in [2.05, 4.69) is 15.3 Å². The lowest BCUT2D eigenvalue weighted by atomic mass is 10.2. The minimum atomic E-state index is -1.05. The largest absolute Gasteiger partial charge is 0.478 e. The Kier molecular flexibility index (Phi) is 3.26. The van der Waals surface area contributed by atoms with Crippen molar-refractivity contribution in [3.8, 4) is 0 Å². The number of nitrogens with one attached hydrogen (secondary N) is 1. The summed E-state index contributed by atoms with van der Waals surface area (Å²) in [4.78, 5) is 34.2. The molecule has 120 valence electrons. The van der Waals surface area contributed by atoms with Crippen LogP contribution >= 0.6 is 0 Å². The average molecular weight is 322 g/mol. The van der Waals surface area contributed by atoms with Crippen LogP contribution in [0.5, 0.6) is 0 Å². The van der Waals surface area contributed by atoms with Crippen LogP contribution in [-0.4, -0.2) is 33.0 Å². The van der Waals surface area contributed by atoms with Crippen LogP contribution in [0.25, 0.3) is 6.08 Å². The molecule has 24 heavy (non-hydrogen) atoms. The van der Waals surface area contributed by atoms with E-state index < -0.39 is 5.97 Å². The smallest absolute Gasteiger partial charge is 0.328 e. The zero-order valence-corrected chi connectivity index (χ0v) is 12.6. The Morgan fingerprint density at radius 1 is 1.25 bits per heavy atom. The van der Waals surface area contributed by atoms with Gasteiger partial charge in [0, 0.05) is 30.1 Å². The van der Waals surface area contributed by atoms with Crippen LogP contribution in [0.15, 0.2) is 36.7 Å². The van der Waals surface area contributed by atoms with E-state index in [9.17, 15) is 9.59 Å². The number of pyridine rings is 2. The summed E-state index contributed by atoms with van der Waals surface area (Å²) in [6.45, 7) is 0. The fourth-order valence-electron chi connectivity index (χ4n) is 2.80. The molecule has 0 radical (unpaired) electrons. The van der Waals surface area contributed by atoms with Crippen LogP contribution in [0.3, 0.4) is 0 Å². The van der Waals surface area contributed by atoms with Gasteiger partial charge in [0.1, 0.15) is 5.82 Å². The number of amides is 1. The fourth-order valence-corrected chi connectivity index (χ4v) is 2.80. The number of nitrogens with zero attached hydrogens (tertiary/aromatic N) is 3. The number of carbonyl (C=O) groups is 2. The van der Waals surface area contributed by atoms with Crippen molar-refractivity contribution in [3.05, 3.63) is 47.8 Å². The van der Waals surface area contributed by atoms with Crippen LogP contribution in [0, 0.1) is 0 Å². The van der Waals surface area contributed by atoms with E-state index in [-0.39, 0.29) is 11.9 Å². The first kappa shape index (κ1) is 14.4. The molecule has 1 aliphatic carbocycles. The van der Waals surface area contributed by atoms with Crippen molar-refractivity contribution in [3.63, 3.8) is 0 Å². The molecule has 2 aromatic heterocycles. The molecule has 0 bridgehead atoms. The van der Waals surface area contributed by atoms with Gasteiger partial charge in [-0.3, -0.25) is 4.79 Å². The molecular weight excluding hydrogens is 308 g/mol. The monoisotopic (exact) mass is 322 g/mol. The van der Waals surface area contributed by atoms with E-state index in [0.717, 1.165) is 18.9 Å². The predicted octanol–water partition coefficient (Wildman–Crippen LogP) is 2.44. The van der Waals surface area contributed by atoms with Gasteiger partial charge in [-0.1, -0.05) is 0 Å². The molecule has 0 saturated heterocycles. The van der Waals surface area contributed by atoms with Gasteiger partial charge < -0.3 is 15.3 Å². The summed E-state index contributed by atoms with van der Waals surface area (Å²) in [5.41, 5.74) is 1.58. The van der Waals surface area contributed by atoms with Gasteiger partial charge in [0.05, 0.1) is 11.3 Å². The molecule has 1 saturated carbocycles. The van der Waals surface area contributed by atoms with Gasteiger partial charge in [-0.25, -0.2) is 14.8 Å². The fraction of sp³-hybridized carbons (Fsp3) is 0.176. The summed E-state index contributed by atoms with van der Waals surface area (Å²) in [5.74, 6) is -0.149. The number of fused-ring (bicyclic) bond motifs is 2. The maximum absolute atomic E-state index is 12.6. The summed E-state index contributed by atoms with van der Waals surface area (Å²) in [6, 6.07) is 5.37. The minimum Gasteiger partial charge on any atom is -0.478 e. The van der Waals surface area contributed by atoms with Gasteiger partial charge in [-0.15, -0.1) is 0 Å². The van der Waals surface area contributed by atoms with Gasteiger partial charge in [0.25, 0.3) is 5.91 Å². The second kappa shape index (κ2) is 5.45. The Morgan fingerprint density at radius 3 is 2.79 bits per heavy atom. The van der Waals surface area contributed by atoms with Crippen molar-refractivity contribution < 1.29 is 14.7 Å². The van der Waals surface area contributed by atoms with Gasteiger partial charge in [-0.2, -0.15) is 0 Å². The highest BCUT2D eigenvalue weighted by molar-refractivity contribution is 6.12. The first-order valence-corrected chi connectivity index (χ1v) is 7.61.